The Morgan fingerprint density at radius 3 is 3.00 bits per heavy atom. The molecule has 1 N–H and O–H groups in total. The molecule has 1 unspecified atom stereocenters. The predicted molar refractivity (Wildman–Crippen MR) is 66.7 cm³/mol. The molecule has 1 aliphatic heterocycles. The monoisotopic (exact) mass is 247 g/mol. The van der Waals surface area contributed by atoms with Crippen molar-refractivity contribution in [3.63, 3.8) is 0 Å². The summed E-state index contributed by atoms with van der Waals surface area (Å²) in [4.78, 5) is 29.2. The number of hydrogen-bond donors (Lipinski definition) is 1. The lowest BCUT2D eigenvalue weighted by Crippen LogP contribution is -2.58. The zero-order valence-corrected chi connectivity index (χ0v) is 10.4. The van der Waals surface area contributed by atoms with Crippen molar-refractivity contribution >= 4 is 11.8 Å². The van der Waals surface area contributed by atoms with Crippen LogP contribution in [-0.4, -0.2) is 40.8 Å². The number of pyridine rings is 1. The van der Waals surface area contributed by atoms with Crippen LogP contribution in [0.25, 0.3) is 0 Å². The van der Waals surface area contributed by atoms with Gasteiger partial charge in [-0.25, -0.2) is 0 Å². The number of piperazine rings is 1. The molecule has 1 atom stereocenters. The first-order valence-electron chi connectivity index (χ1n) is 6.17. The fourth-order valence-electron chi connectivity index (χ4n) is 2.05. The van der Waals surface area contributed by atoms with Crippen molar-refractivity contribution in [1.82, 2.24) is 15.2 Å². The van der Waals surface area contributed by atoms with E-state index in [1.165, 1.54) is 0 Å². The summed E-state index contributed by atoms with van der Waals surface area (Å²) in [5.74, 6) is -0.0615. The van der Waals surface area contributed by atoms with Crippen LogP contribution < -0.4 is 5.32 Å². The summed E-state index contributed by atoms with van der Waals surface area (Å²) >= 11 is 0. The molecule has 0 aliphatic carbocycles. The number of carbonyl (C=O) groups is 2. The van der Waals surface area contributed by atoms with Crippen molar-refractivity contribution in [2.45, 2.75) is 25.8 Å². The van der Waals surface area contributed by atoms with Crippen LogP contribution >= 0.6 is 0 Å². The Labute approximate surface area is 106 Å². The first kappa shape index (κ1) is 12.5. The van der Waals surface area contributed by atoms with E-state index in [1.54, 1.807) is 17.3 Å². The van der Waals surface area contributed by atoms with Crippen molar-refractivity contribution in [2.24, 2.45) is 0 Å². The van der Waals surface area contributed by atoms with Gasteiger partial charge in [0.15, 0.2) is 0 Å². The topological polar surface area (TPSA) is 62.3 Å². The second kappa shape index (κ2) is 5.62. The Morgan fingerprint density at radius 2 is 2.33 bits per heavy atom. The van der Waals surface area contributed by atoms with Gasteiger partial charge in [0.1, 0.15) is 6.04 Å². The highest BCUT2D eigenvalue weighted by molar-refractivity contribution is 5.94. The van der Waals surface area contributed by atoms with E-state index in [-0.39, 0.29) is 24.4 Å². The van der Waals surface area contributed by atoms with Gasteiger partial charge in [0, 0.05) is 18.9 Å². The quantitative estimate of drug-likeness (QED) is 0.835. The Morgan fingerprint density at radius 1 is 1.50 bits per heavy atom. The van der Waals surface area contributed by atoms with Crippen molar-refractivity contribution in [2.75, 3.05) is 13.1 Å². The molecule has 0 saturated carbocycles. The molecule has 2 heterocycles. The van der Waals surface area contributed by atoms with E-state index in [9.17, 15) is 9.59 Å². The van der Waals surface area contributed by atoms with E-state index < -0.39 is 0 Å². The molecule has 18 heavy (non-hydrogen) atoms. The second-order valence-corrected chi connectivity index (χ2v) is 4.40. The third-order valence-electron chi connectivity index (χ3n) is 3.08. The molecule has 1 fully saturated rings. The minimum absolute atomic E-state index is 0.0148. The summed E-state index contributed by atoms with van der Waals surface area (Å²) in [7, 11) is 0. The third kappa shape index (κ3) is 2.85. The average molecular weight is 247 g/mol. The maximum Gasteiger partial charge on any atom is 0.245 e. The molecule has 2 amide bonds. The highest BCUT2D eigenvalue weighted by Crippen LogP contribution is 2.07. The first-order chi connectivity index (χ1) is 8.70. The van der Waals surface area contributed by atoms with Gasteiger partial charge in [-0.05, 0) is 24.5 Å². The Bertz CT molecular complexity index is 433. The molecule has 1 aromatic rings. The van der Waals surface area contributed by atoms with Gasteiger partial charge in [0.05, 0.1) is 6.54 Å². The molecule has 1 aromatic heterocycles. The van der Waals surface area contributed by atoms with E-state index in [1.807, 2.05) is 19.1 Å². The molecule has 5 nitrogen and oxygen atoms in total. The largest absolute Gasteiger partial charge is 0.343 e. The molecule has 0 spiro atoms. The molecule has 0 bridgehead atoms. The predicted octanol–water partition coefficient (Wildman–Crippen LogP) is 0.361. The molecule has 0 aromatic carbocycles. The van der Waals surface area contributed by atoms with Gasteiger partial charge >= 0.3 is 0 Å². The van der Waals surface area contributed by atoms with Gasteiger partial charge in [0.2, 0.25) is 11.8 Å². The van der Waals surface area contributed by atoms with Gasteiger partial charge in [-0.2, -0.15) is 0 Å². The van der Waals surface area contributed by atoms with Crippen molar-refractivity contribution in [3.8, 4) is 0 Å². The Kier molecular flexibility index (Phi) is 3.92. The fraction of sp³-hybridized carbons (Fsp3) is 0.462. The summed E-state index contributed by atoms with van der Waals surface area (Å²) in [6.07, 6.45) is 4.86. The minimum Gasteiger partial charge on any atom is -0.343 e. The van der Waals surface area contributed by atoms with Gasteiger partial charge in [-0.1, -0.05) is 13.0 Å². The summed E-state index contributed by atoms with van der Waals surface area (Å²) in [6, 6.07) is 3.48. The maximum absolute atomic E-state index is 12.0. The number of aromatic nitrogens is 1. The second-order valence-electron chi connectivity index (χ2n) is 4.40. The smallest absolute Gasteiger partial charge is 0.245 e. The Balaban J connectivity index is 1.95. The maximum atomic E-state index is 12.0. The summed E-state index contributed by atoms with van der Waals surface area (Å²) in [6.45, 7) is 2.62. The minimum atomic E-state index is -0.361. The van der Waals surface area contributed by atoms with E-state index in [0.717, 1.165) is 12.0 Å². The molecule has 1 aliphatic rings. The van der Waals surface area contributed by atoms with Crippen LogP contribution in [0.5, 0.6) is 0 Å². The van der Waals surface area contributed by atoms with Crippen LogP contribution in [0.15, 0.2) is 24.5 Å². The number of carbonyl (C=O) groups excluding carboxylic acids is 2. The van der Waals surface area contributed by atoms with E-state index in [2.05, 4.69) is 10.3 Å². The normalized spacial score (nSPS) is 19.8. The van der Waals surface area contributed by atoms with Crippen LogP contribution in [0, 0.1) is 0 Å². The number of amides is 2. The number of nitrogens with one attached hydrogen (secondary N) is 1. The highest BCUT2D eigenvalue weighted by atomic mass is 16.2. The molecule has 0 radical (unpaired) electrons. The highest BCUT2D eigenvalue weighted by Gasteiger charge is 2.30. The van der Waals surface area contributed by atoms with Crippen LogP contribution in [0.2, 0.25) is 0 Å². The lowest BCUT2D eigenvalue weighted by atomic mass is 10.1. The molecule has 96 valence electrons. The molecular formula is C13H17N3O2. The molecule has 5 heteroatoms. The number of nitrogens with zero attached hydrogens (tertiary/aromatic N) is 2. The van der Waals surface area contributed by atoms with Crippen molar-refractivity contribution in [3.05, 3.63) is 30.1 Å². The SMILES string of the molecule is CCC1NC(=O)CN(CCc2cccnc2)C1=O. The average Bonchev–Trinajstić information content (AvgIpc) is 2.40. The zero-order valence-electron chi connectivity index (χ0n) is 10.4. The summed E-state index contributed by atoms with van der Waals surface area (Å²) in [5, 5.41) is 2.70. The van der Waals surface area contributed by atoms with E-state index in [4.69, 9.17) is 0 Å². The molecule has 1 saturated heterocycles. The third-order valence-corrected chi connectivity index (χ3v) is 3.08. The Hall–Kier alpha value is -1.91. The van der Waals surface area contributed by atoms with E-state index in [0.29, 0.717) is 13.0 Å². The molecular weight excluding hydrogens is 230 g/mol. The lowest BCUT2D eigenvalue weighted by molar-refractivity contribution is -0.144. The standard InChI is InChI=1S/C13H17N3O2/c1-2-11-13(18)16(9-12(17)15-11)7-5-10-4-3-6-14-8-10/h3-4,6,8,11H,2,5,7,9H2,1H3,(H,15,17). The van der Waals surface area contributed by atoms with Crippen LogP contribution in [0.3, 0.4) is 0 Å². The van der Waals surface area contributed by atoms with Gasteiger partial charge in [-0.15, -0.1) is 0 Å². The molecule has 2 rings (SSSR count). The number of rotatable bonds is 4. The summed E-state index contributed by atoms with van der Waals surface area (Å²) < 4.78 is 0. The van der Waals surface area contributed by atoms with Crippen LogP contribution in [-0.2, 0) is 16.0 Å². The van der Waals surface area contributed by atoms with Crippen molar-refractivity contribution < 1.29 is 9.59 Å². The van der Waals surface area contributed by atoms with Gasteiger partial charge in [-0.3, -0.25) is 14.6 Å². The van der Waals surface area contributed by atoms with Crippen LogP contribution in [0.1, 0.15) is 18.9 Å². The fourth-order valence-corrected chi connectivity index (χ4v) is 2.05. The lowest BCUT2D eigenvalue weighted by Gasteiger charge is -2.32. The van der Waals surface area contributed by atoms with E-state index >= 15 is 0 Å². The van der Waals surface area contributed by atoms with Gasteiger partial charge < -0.3 is 10.2 Å². The van der Waals surface area contributed by atoms with Gasteiger partial charge in [0.25, 0.3) is 0 Å². The van der Waals surface area contributed by atoms with Crippen molar-refractivity contribution in [1.29, 1.82) is 0 Å². The zero-order chi connectivity index (χ0) is 13.0. The number of hydrogen-bond acceptors (Lipinski definition) is 3. The van der Waals surface area contributed by atoms with Crippen LogP contribution in [0.4, 0.5) is 0 Å². The summed E-state index contributed by atoms with van der Waals surface area (Å²) in [5.41, 5.74) is 1.07. The first-order valence-corrected chi connectivity index (χ1v) is 6.17.